The van der Waals surface area contributed by atoms with Crippen LogP contribution in [0.4, 0.5) is 5.88 Å². The van der Waals surface area contributed by atoms with Crippen LogP contribution in [-0.4, -0.2) is 22.9 Å². The van der Waals surface area contributed by atoms with Crippen LogP contribution in [0.15, 0.2) is 16.5 Å². The third-order valence-corrected chi connectivity index (χ3v) is 1.10. The molecule has 0 aliphatic carbocycles. The molecule has 0 unspecified atom stereocenters. The maximum absolute atomic E-state index is 10.4. The summed E-state index contributed by atoms with van der Waals surface area (Å²) in [5.74, 6) is -0.206. The predicted molar refractivity (Wildman–Crippen MR) is 40.1 cm³/mol. The third kappa shape index (κ3) is 1.82. The van der Waals surface area contributed by atoms with Crippen LogP contribution < -0.4 is 0 Å². The molecule has 6 nitrogen and oxygen atoms in total. The Morgan fingerprint density at radius 2 is 2.17 bits per heavy atom. The standard InChI is InChI=1S/C6H6N2O4/c1-7(9)4-5-2-3-6(12-5)8(10)11/h2-4H,1H3/b7-4+. The fourth-order valence-electron chi connectivity index (χ4n) is 0.689. The quantitative estimate of drug-likeness (QED) is 0.215. The average molecular weight is 170 g/mol. The summed E-state index contributed by atoms with van der Waals surface area (Å²) in [5.41, 5.74) is 0. The van der Waals surface area contributed by atoms with Crippen molar-refractivity contribution in [1.29, 1.82) is 0 Å². The first kappa shape index (κ1) is 8.25. The Balaban J connectivity index is 2.92. The van der Waals surface area contributed by atoms with E-state index in [0.717, 1.165) is 6.21 Å². The van der Waals surface area contributed by atoms with Gasteiger partial charge < -0.3 is 9.62 Å². The van der Waals surface area contributed by atoms with Crippen LogP contribution in [0.2, 0.25) is 0 Å². The molecule has 0 spiro atoms. The summed E-state index contributed by atoms with van der Waals surface area (Å²) in [4.78, 5) is 9.44. The zero-order chi connectivity index (χ0) is 9.14. The second-order valence-corrected chi connectivity index (χ2v) is 2.11. The highest BCUT2D eigenvalue weighted by molar-refractivity contribution is 5.71. The molecule has 0 saturated carbocycles. The van der Waals surface area contributed by atoms with Gasteiger partial charge in [-0.15, -0.1) is 0 Å². The molecule has 1 rings (SSSR count). The monoisotopic (exact) mass is 170 g/mol. The molecule has 0 fully saturated rings. The van der Waals surface area contributed by atoms with E-state index in [1.54, 1.807) is 0 Å². The van der Waals surface area contributed by atoms with E-state index in [4.69, 9.17) is 0 Å². The molecule has 0 bridgehead atoms. The Hall–Kier alpha value is -1.85. The lowest BCUT2D eigenvalue weighted by molar-refractivity contribution is -0.418. The largest absolute Gasteiger partial charge is 0.624 e. The van der Waals surface area contributed by atoms with Crippen molar-refractivity contribution < 1.29 is 14.1 Å². The SMILES string of the molecule is C/[N+]([O-])=C\c1ccc([N+](=O)[O-])o1. The van der Waals surface area contributed by atoms with E-state index in [-0.39, 0.29) is 11.6 Å². The minimum absolute atomic E-state index is 0.166. The first-order valence-corrected chi connectivity index (χ1v) is 3.08. The first-order chi connectivity index (χ1) is 5.59. The summed E-state index contributed by atoms with van der Waals surface area (Å²) in [5, 5.41) is 20.5. The van der Waals surface area contributed by atoms with Gasteiger partial charge in [-0.05, 0) is 6.07 Å². The molecule has 0 atom stereocenters. The van der Waals surface area contributed by atoms with E-state index in [1.165, 1.54) is 19.2 Å². The van der Waals surface area contributed by atoms with Gasteiger partial charge in [0, 0.05) is 0 Å². The summed E-state index contributed by atoms with van der Waals surface area (Å²) >= 11 is 0. The van der Waals surface area contributed by atoms with Crippen LogP contribution in [-0.2, 0) is 0 Å². The minimum Gasteiger partial charge on any atom is -0.624 e. The number of furan rings is 1. The van der Waals surface area contributed by atoms with Gasteiger partial charge in [-0.1, -0.05) is 0 Å². The number of rotatable bonds is 2. The van der Waals surface area contributed by atoms with E-state index in [1.807, 2.05) is 0 Å². The Morgan fingerprint density at radius 1 is 1.50 bits per heavy atom. The molecular weight excluding hydrogens is 164 g/mol. The summed E-state index contributed by atoms with van der Waals surface area (Å²) in [6, 6.07) is 2.54. The van der Waals surface area contributed by atoms with E-state index < -0.39 is 4.92 Å². The van der Waals surface area contributed by atoms with Crippen molar-refractivity contribution in [3.63, 3.8) is 0 Å². The van der Waals surface area contributed by atoms with Gasteiger partial charge in [0.2, 0.25) is 6.21 Å². The summed E-state index contributed by atoms with van der Waals surface area (Å²) in [6.07, 6.45) is 1.10. The molecule has 0 aliphatic heterocycles. The van der Waals surface area contributed by atoms with E-state index >= 15 is 0 Å². The van der Waals surface area contributed by atoms with Crippen molar-refractivity contribution >= 4 is 12.1 Å². The molecule has 12 heavy (non-hydrogen) atoms. The van der Waals surface area contributed by atoms with Crippen LogP contribution in [0.3, 0.4) is 0 Å². The van der Waals surface area contributed by atoms with E-state index in [0.29, 0.717) is 4.74 Å². The fourth-order valence-corrected chi connectivity index (χ4v) is 0.689. The normalized spacial score (nSPS) is 11.6. The molecule has 0 radical (unpaired) electrons. The Kier molecular flexibility index (Phi) is 2.09. The summed E-state index contributed by atoms with van der Waals surface area (Å²) in [7, 11) is 1.26. The average Bonchev–Trinajstić information content (AvgIpc) is 2.34. The van der Waals surface area contributed by atoms with E-state index in [9.17, 15) is 15.3 Å². The lowest BCUT2D eigenvalue weighted by Crippen LogP contribution is -1.95. The number of hydroxylamine groups is 1. The van der Waals surface area contributed by atoms with Gasteiger partial charge >= 0.3 is 5.88 Å². The van der Waals surface area contributed by atoms with Gasteiger partial charge in [0.05, 0.1) is 6.07 Å². The maximum Gasteiger partial charge on any atom is 0.433 e. The van der Waals surface area contributed by atoms with Gasteiger partial charge in [0.1, 0.15) is 12.0 Å². The van der Waals surface area contributed by atoms with Gasteiger partial charge in [0.15, 0.2) is 5.76 Å². The molecule has 6 heteroatoms. The molecular formula is C6H6N2O4. The Bertz CT molecular complexity index is 324. The molecule has 64 valence electrons. The second kappa shape index (κ2) is 3.04. The van der Waals surface area contributed by atoms with Crippen molar-refractivity contribution in [3.8, 4) is 0 Å². The molecule has 0 N–H and O–H groups in total. The number of hydrogen-bond donors (Lipinski definition) is 0. The van der Waals surface area contributed by atoms with Crippen LogP contribution in [0, 0.1) is 15.3 Å². The lowest BCUT2D eigenvalue weighted by Gasteiger charge is -1.90. The highest BCUT2D eigenvalue weighted by Crippen LogP contribution is 2.13. The van der Waals surface area contributed by atoms with Crippen molar-refractivity contribution in [1.82, 2.24) is 0 Å². The smallest absolute Gasteiger partial charge is 0.433 e. The van der Waals surface area contributed by atoms with Crippen LogP contribution in [0.1, 0.15) is 5.76 Å². The molecule has 1 heterocycles. The second-order valence-electron chi connectivity index (χ2n) is 2.11. The number of nitro groups is 1. The molecule has 0 amide bonds. The number of hydrogen-bond acceptors (Lipinski definition) is 4. The highest BCUT2D eigenvalue weighted by atomic mass is 16.6. The van der Waals surface area contributed by atoms with Gasteiger partial charge in [-0.25, -0.2) is 4.74 Å². The molecule has 1 aromatic heterocycles. The minimum atomic E-state index is -0.665. The third-order valence-electron chi connectivity index (χ3n) is 1.10. The molecule has 1 aromatic rings. The summed E-state index contributed by atoms with van der Waals surface area (Å²) in [6.45, 7) is 0. The van der Waals surface area contributed by atoms with Crippen molar-refractivity contribution in [2.24, 2.45) is 0 Å². The first-order valence-electron chi connectivity index (χ1n) is 3.08. The predicted octanol–water partition coefficient (Wildman–Crippen LogP) is 0.747. The van der Waals surface area contributed by atoms with Crippen LogP contribution in [0.25, 0.3) is 0 Å². The lowest BCUT2D eigenvalue weighted by atomic mass is 10.5. The Morgan fingerprint density at radius 3 is 2.58 bits per heavy atom. The highest BCUT2D eigenvalue weighted by Gasteiger charge is 2.11. The van der Waals surface area contributed by atoms with Crippen molar-refractivity contribution in [2.75, 3.05) is 7.05 Å². The summed E-state index contributed by atoms with van der Waals surface area (Å²) < 4.78 is 5.16. The number of nitrogens with zero attached hydrogens (tertiary/aromatic N) is 2. The zero-order valence-corrected chi connectivity index (χ0v) is 6.26. The zero-order valence-electron chi connectivity index (χ0n) is 6.26. The van der Waals surface area contributed by atoms with Gasteiger partial charge in [-0.3, -0.25) is 10.1 Å². The Labute approximate surface area is 67.5 Å². The maximum atomic E-state index is 10.4. The van der Waals surface area contributed by atoms with Gasteiger partial charge in [-0.2, -0.15) is 0 Å². The van der Waals surface area contributed by atoms with Crippen LogP contribution in [0.5, 0.6) is 0 Å². The topological polar surface area (TPSA) is 82.3 Å². The van der Waals surface area contributed by atoms with Gasteiger partial charge in [0.25, 0.3) is 0 Å². The van der Waals surface area contributed by atoms with E-state index in [2.05, 4.69) is 4.42 Å². The molecule has 0 aromatic carbocycles. The van der Waals surface area contributed by atoms with Crippen LogP contribution >= 0.6 is 0 Å². The molecule has 0 saturated heterocycles. The van der Waals surface area contributed by atoms with Crippen molar-refractivity contribution in [3.05, 3.63) is 33.2 Å². The van der Waals surface area contributed by atoms with Crippen molar-refractivity contribution in [2.45, 2.75) is 0 Å². The fraction of sp³-hybridized carbons (Fsp3) is 0.167. The molecule has 0 aliphatic rings.